The highest BCUT2D eigenvalue weighted by Crippen LogP contribution is 2.25. The average Bonchev–Trinajstić information content (AvgIpc) is 2.69. The van der Waals surface area contributed by atoms with E-state index < -0.39 is 0 Å². The number of ketones is 2. The molecular weight excluding hydrogens is 322 g/mol. The molecule has 0 bridgehead atoms. The summed E-state index contributed by atoms with van der Waals surface area (Å²) in [5, 5.41) is 3.44. The highest BCUT2D eigenvalue weighted by atomic mass is 16.1. The maximum Gasteiger partial charge on any atom is 0.165 e. The van der Waals surface area contributed by atoms with Gasteiger partial charge in [0, 0.05) is 23.2 Å². The number of para-hydroxylation sites is 1. The summed E-state index contributed by atoms with van der Waals surface area (Å²) in [5.74, 6) is 0.110. The van der Waals surface area contributed by atoms with Gasteiger partial charge in [-0.15, -0.1) is 0 Å². The molecule has 26 heavy (non-hydrogen) atoms. The van der Waals surface area contributed by atoms with Crippen molar-refractivity contribution in [1.29, 1.82) is 0 Å². The van der Waals surface area contributed by atoms with Gasteiger partial charge in [-0.05, 0) is 24.6 Å². The third kappa shape index (κ3) is 4.45. The molecule has 0 saturated carbocycles. The zero-order valence-electron chi connectivity index (χ0n) is 14.7. The molecule has 3 nitrogen and oxygen atoms in total. The maximum absolute atomic E-state index is 12.7. The first-order valence-corrected chi connectivity index (χ1v) is 8.64. The molecule has 0 saturated heterocycles. The largest absolute Gasteiger partial charge is 0.378 e. The van der Waals surface area contributed by atoms with Crippen molar-refractivity contribution in [2.45, 2.75) is 19.4 Å². The Labute approximate surface area is 153 Å². The third-order valence-electron chi connectivity index (χ3n) is 4.32. The Balaban J connectivity index is 1.86. The molecule has 0 amide bonds. The van der Waals surface area contributed by atoms with Crippen molar-refractivity contribution < 1.29 is 9.59 Å². The normalized spacial score (nSPS) is 11.6. The van der Waals surface area contributed by atoms with E-state index in [2.05, 4.69) is 5.32 Å². The molecule has 0 aliphatic rings. The van der Waals surface area contributed by atoms with Gasteiger partial charge in [0.2, 0.25) is 0 Å². The number of benzene rings is 3. The van der Waals surface area contributed by atoms with Crippen molar-refractivity contribution >= 4 is 17.3 Å². The first-order chi connectivity index (χ1) is 12.6. The lowest BCUT2D eigenvalue weighted by Crippen LogP contribution is -2.16. The lowest BCUT2D eigenvalue weighted by Gasteiger charge is -2.20. The fourth-order valence-corrected chi connectivity index (χ4v) is 2.87. The van der Waals surface area contributed by atoms with Crippen LogP contribution in [0.1, 0.15) is 45.7 Å². The van der Waals surface area contributed by atoms with E-state index in [1.54, 1.807) is 6.92 Å². The Bertz CT molecular complexity index is 871. The summed E-state index contributed by atoms with van der Waals surface area (Å²) in [6, 6.07) is 26.4. The van der Waals surface area contributed by atoms with Gasteiger partial charge in [0.05, 0.1) is 6.04 Å². The van der Waals surface area contributed by atoms with Crippen molar-refractivity contribution in [3.05, 3.63) is 102 Å². The van der Waals surface area contributed by atoms with E-state index in [9.17, 15) is 9.59 Å². The Kier molecular flexibility index (Phi) is 5.59. The molecule has 0 aliphatic carbocycles. The fraction of sp³-hybridized carbons (Fsp3) is 0.130. The molecule has 3 aromatic carbocycles. The molecule has 0 radical (unpaired) electrons. The number of hydrogen-bond donors (Lipinski definition) is 1. The average molecular weight is 343 g/mol. The second-order valence-electron chi connectivity index (χ2n) is 6.23. The van der Waals surface area contributed by atoms with Gasteiger partial charge in [-0.1, -0.05) is 72.8 Å². The second kappa shape index (κ2) is 8.26. The minimum atomic E-state index is -0.175. The molecule has 1 atom stereocenters. The van der Waals surface area contributed by atoms with Crippen LogP contribution >= 0.6 is 0 Å². The number of hydrogen-bond acceptors (Lipinski definition) is 3. The lowest BCUT2D eigenvalue weighted by atomic mass is 9.96. The van der Waals surface area contributed by atoms with Crippen LogP contribution in [0, 0.1) is 0 Å². The quantitative estimate of drug-likeness (QED) is 0.591. The highest BCUT2D eigenvalue weighted by Gasteiger charge is 2.17. The molecule has 3 rings (SSSR count). The lowest BCUT2D eigenvalue weighted by molar-refractivity contribution is 0.0974. The van der Waals surface area contributed by atoms with Gasteiger partial charge in [0.15, 0.2) is 11.6 Å². The molecule has 1 N–H and O–H groups in total. The molecule has 0 spiro atoms. The van der Waals surface area contributed by atoms with Crippen molar-refractivity contribution in [1.82, 2.24) is 0 Å². The maximum atomic E-state index is 12.7. The SMILES string of the molecule is CC(=O)c1ccc(C(CC(=O)c2ccccc2)Nc2ccccc2)cc1. The molecule has 3 aromatic rings. The van der Waals surface area contributed by atoms with Crippen LogP contribution < -0.4 is 5.32 Å². The Hall–Kier alpha value is -3.20. The smallest absolute Gasteiger partial charge is 0.165 e. The van der Waals surface area contributed by atoms with Crippen molar-refractivity contribution in [2.24, 2.45) is 0 Å². The second-order valence-corrected chi connectivity index (χ2v) is 6.23. The highest BCUT2D eigenvalue weighted by molar-refractivity contribution is 5.97. The topological polar surface area (TPSA) is 46.2 Å². The number of nitrogens with one attached hydrogen (secondary N) is 1. The van der Waals surface area contributed by atoms with Crippen LogP contribution in [0.15, 0.2) is 84.9 Å². The molecule has 0 fully saturated rings. The van der Waals surface area contributed by atoms with Gasteiger partial charge in [-0.25, -0.2) is 0 Å². The minimum Gasteiger partial charge on any atom is -0.378 e. The van der Waals surface area contributed by atoms with Gasteiger partial charge in [0.25, 0.3) is 0 Å². The number of carbonyl (C=O) groups is 2. The van der Waals surface area contributed by atoms with Crippen molar-refractivity contribution in [2.75, 3.05) is 5.32 Å². The van der Waals surface area contributed by atoms with Crippen LogP contribution in [-0.2, 0) is 0 Å². The standard InChI is InChI=1S/C23H21NO2/c1-17(25)18-12-14-19(15-13-18)22(24-21-10-6-3-7-11-21)16-23(26)20-8-4-2-5-9-20/h2-15,22,24H,16H2,1H3. The van der Waals surface area contributed by atoms with Crippen molar-refractivity contribution in [3.63, 3.8) is 0 Å². The van der Waals surface area contributed by atoms with Crippen LogP contribution in [0.5, 0.6) is 0 Å². The van der Waals surface area contributed by atoms with Crippen molar-refractivity contribution in [3.8, 4) is 0 Å². The molecule has 1 unspecified atom stereocenters. The predicted molar refractivity (Wildman–Crippen MR) is 105 cm³/mol. The molecule has 0 aromatic heterocycles. The summed E-state index contributed by atoms with van der Waals surface area (Å²) in [6.45, 7) is 1.55. The molecule has 130 valence electrons. The Morgan fingerprint density at radius 1 is 0.769 bits per heavy atom. The van der Waals surface area contributed by atoms with E-state index >= 15 is 0 Å². The number of anilines is 1. The number of carbonyl (C=O) groups excluding carboxylic acids is 2. The Morgan fingerprint density at radius 3 is 1.92 bits per heavy atom. The summed E-state index contributed by atoms with van der Waals surface area (Å²) >= 11 is 0. The summed E-state index contributed by atoms with van der Waals surface area (Å²) < 4.78 is 0. The van der Waals surface area contributed by atoms with Crippen LogP contribution in [0.2, 0.25) is 0 Å². The van der Waals surface area contributed by atoms with E-state index in [1.165, 1.54) is 0 Å². The first kappa shape index (κ1) is 17.6. The summed E-state index contributed by atoms with van der Waals surface area (Å²) in [5.41, 5.74) is 3.30. The molecule has 0 heterocycles. The van der Waals surface area contributed by atoms with Gasteiger partial charge in [0.1, 0.15) is 0 Å². The van der Waals surface area contributed by atoms with Gasteiger partial charge < -0.3 is 5.32 Å². The van der Waals surface area contributed by atoms with Crippen LogP contribution in [0.4, 0.5) is 5.69 Å². The zero-order chi connectivity index (χ0) is 18.4. The summed E-state index contributed by atoms with van der Waals surface area (Å²) in [4.78, 5) is 24.2. The summed E-state index contributed by atoms with van der Waals surface area (Å²) in [7, 11) is 0. The first-order valence-electron chi connectivity index (χ1n) is 8.64. The van der Waals surface area contributed by atoms with E-state index in [4.69, 9.17) is 0 Å². The van der Waals surface area contributed by atoms with Crippen LogP contribution in [0.3, 0.4) is 0 Å². The third-order valence-corrected chi connectivity index (χ3v) is 4.32. The summed E-state index contributed by atoms with van der Waals surface area (Å²) in [6.07, 6.45) is 0.332. The fourth-order valence-electron chi connectivity index (χ4n) is 2.87. The molecule has 0 aliphatic heterocycles. The van der Waals surface area contributed by atoms with E-state index in [0.29, 0.717) is 17.5 Å². The zero-order valence-corrected chi connectivity index (χ0v) is 14.7. The van der Waals surface area contributed by atoms with Gasteiger partial charge in [-0.2, -0.15) is 0 Å². The molecular formula is C23H21NO2. The van der Waals surface area contributed by atoms with Crippen LogP contribution in [-0.4, -0.2) is 11.6 Å². The Morgan fingerprint density at radius 2 is 1.35 bits per heavy atom. The number of Topliss-reactive ketones (excluding diaryl/α,β-unsaturated/α-hetero) is 2. The number of rotatable bonds is 7. The van der Waals surface area contributed by atoms with Crippen LogP contribution in [0.25, 0.3) is 0 Å². The minimum absolute atomic E-state index is 0.0319. The molecule has 3 heteroatoms. The van der Waals surface area contributed by atoms with Gasteiger partial charge >= 0.3 is 0 Å². The monoisotopic (exact) mass is 343 g/mol. The van der Waals surface area contributed by atoms with E-state index in [-0.39, 0.29) is 17.6 Å². The van der Waals surface area contributed by atoms with Gasteiger partial charge in [-0.3, -0.25) is 9.59 Å². The predicted octanol–water partition coefficient (Wildman–Crippen LogP) is 5.32. The van der Waals surface area contributed by atoms with E-state index in [1.807, 2.05) is 84.9 Å². The van der Waals surface area contributed by atoms with E-state index in [0.717, 1.165) is 11.3 Å².